The van der Waals surface area contributed by atoms with Gasteiger partial charge in [0.1, 0.15) is 0 Å². The van der Waals surface area contributed by atoms with Gasteiger partial charge in [0.2, 0.25) is 0 Å². The van der Waals surface area contributed by atoms with Crippen LogP contribution >= 0.6 is 0 Å². The normalized spacial score (nSPS) is 16.1. The molecule has 168 valence electrons. The standard InChI is InChI=1S/C21H24F3N3O3S/c1-25(18-6-3-2-4-7-18)31(29,30)19-10-8-17(9-11-19)20(28)27-13-5-12-26(14-15-27)16-21(22,23)24/h2-4,6-11H,5,12-16H2,1H3. The second kappa shape index (κ2) is 9.27. The number of carbonyl (C=O) groups excluding carboxylic acids is 1. The first-order valence-electron chi connectivity index (χ1n) is 9.80. The quantitative estimate of drug-likeness (QED) is 0.695. The van der Waals surface area contributed by atoms with Gasteiger partial charge in [-0.25, -0.2) is 8.42 Å². The Labute approximate surface area is 179 Å². The summed E-state index contributed by atoms with van der Waals surface area (Å²) in [5.41, 5.74) is 0.807. The fraction of sp³-hybridized carbons (Fsp3) is 0.381. The molecule has 0 aromatic heterocycles. The number of nitrogens with zero attached hydrogens (tertiary/aromatic N) is 3. The van der Waals surface area contributed by atoms with Crippen molar-refractivity contribution in [3.05, 3.63) is 60.2 Å². The molecule has 2 aromatic rings. The molecule has 2 aromatic carbocycles. The third kappa shape index (κ3) is 5.76. The fourth-order valence-corrected chi connectivity index (χ4v) is 4.67. The Morgan fingerprint density at radius 1 is 0.968 bits per heavy atom. The van der Waals surface area contributed by atoms with Gasteiger partial charge >= 0.3 is 6.18 Å². The lowest BCUT2D eigenvalue weighted by atomic mass is 10.2. The minimum absolute atomic E-state index is 0.0441. The van der Waals surface area contributed by atoms with Crippen molar-refractivity contribution in [2.45, 2.75) is 17.5 Å². The van der Waals surface area contributed by atoms with Crippen molar-refractivity contribution in [2.24, 2.45) is 0 Å². The van der Waals surface area contributed by atoms with Gasteiger partial charge in [0.15, 0.2) is 0 Å². The maximum atomic E-state index is 12.8. The molecule has 1 amide bonds. The summed E-state index contributed by atoms with van der Waals surface area (Å²) in [4.78, 5) is 15.6. The van der Waals surface area contributed by atoms with Gasteiger partial charge in [0, 0.05) is 38.8 Å². The number of carbonyl (C=O) groups is 1. The summed E-state index contributed by atoms with van der Waals surface area (Å²) in [5, 5.41) is 0. The molecule has 0 bridgehead atoms. The van der Waals surface area contributed by atoms with E-state index in [1.165, 1.54) is 41.1 Å². The predicted molar refractivity (Wildman–Crippen MR) is 111 cm³/mol. The number of hydrogen-bond acceptors (Lipinski definition) is 4. The molecular formula is C21H24F3N3O3S. The molecule has 1 heterocycles. The number of halogens is 3. The van der Waals surface area contributed by atoms with Crippen molar-refractivity contribution in [3.8, 4) is 0 Å². The molecule has 0 radical (unpaired) electrons. The maximum absolute atomic E-state index is 12.8. The molecule has 0 aliphatic carbocycles. The van der Waals surface area contributed by atoms with Gasteiger partial charge in [0.25, 0.3) is 15.9 Å². The van der Waals surface area contributed by atoms with Crippen LogP contribution in [-0.4, -0.2) is 70.1 Å². The Balaban J connectivity index is 1.69. The van der Waals surface area contributed by atoms with Gasteiger partial charge < -0.3 is 4.90 Å². The minimum atomic E-state index is -4.27. The van der Waals surface area contributed by atoms with Crippen LogP contribution in [0.4, 0.5) is 18.9 Å². The highest BCUT2D eigenvalue weighted by Gasteiger charge is 2.32. The molecule has 0 saturated carbocycles. The molecule has 1 saturated heterocycles. The van der Waals surface area contributed by atoms with Crippen molar-refractivity contribution in [2.75, 3.05) is 44.1 Å². The third-order valence-corrected chi connectivity index (χ3v) is 6.96. The smallest absolute Gasteiger partial charge is 0.337 e. The molecule has 0 atom stereocenters. The summed E-state index contributed by atoms with van der Waals surface area (Å²) in [7, 11) is -2.34. The van der Waals surface area contributed by atoms with Gasteiger partial charge in [-0.2, -0.15) is 13.2 Å². The van der Waals surface area contributed by atoms with E-state index in [1.54, 1.807) is 30.3 Å². The van der Waals surface area contributed by atoms with Crippen LogP contribution in [0.3, 0.4) is 0 Å². The predicted octanol–water partition coefficient (Wildman–Crippen LogP) is 3.22. The lowest BCUT2D eigenvalue weighted by Gasteiger charge is -2.23. The summed E-state index contributed by atoms with van der Waals surface area (Å²) >= 11 is 0. The molecule has 1 aliphatic heterocycles. The Kier molecular flexibility index (Phi) is 6.90. The fourth-order valence-electron chi connectivity index (χ4n) is 3.47. The number of hydrogen-bond donors (Lipinski definition) is 0. The SMILES string of the molecule is CN(c1ccccc1)S(=O)(=O)c1ccc(C(=O)N2CCCN(CC(F)(F)F)CC2)cc1. The third-order valence-electron chi connectivity index (χ3n) is 5.16. The summed E-state index contributed by atoms with van der Waals surface area (Å²) in [5.74, 6) is -0.325. The Hall–Kier alpha value is -2.59. The van der Waals surface area contributed by atoms with Crippen LogP contribution in [0, 0.1) is 0 Å². The average molecular weight is 456 g/mol. The number of para-hydroxylation sites is 1. The van der Waals surface area contributed by atoms with E-state index in [1.807, 2.05) is 0 Å². The van der Waals surface area contributed by atoms with Gasteiger partial charge in [0.05, 0.1) is 17.1 Å². The van der Waals surface area contributed by atoms with E-state index in [0.29, 0.717) is 24.2 Å². The highest BCUT2D eigenvalue weighted by Crippen LogP contribution is 2.23. The van der Waals surface area contributed by atoms with Gasteiger partial charge in [-0.05, 0) is 42.8 Å². The topological polar surface area (TPSA) is 60.9 Å². The summed E-state index contributed by atoms with van der Waals surface area (Å²) < 4.78 is 64.7. The van der Waals surface area contributed by atoms with Crippen LogP contribution in [0.25, 0.3) is 0 Å². The molecule has 3 rings (SSSR count). The lowest BCUT2D eigenvalue weighted by molar-refractivity contribution is -0.145. The van der Waals surface area contributed by atoms with E-state index in [-0.39, 0.29) is 30.4 Å². The molecule has 31 heavy (non-hydrogen) atoms. The molecule has 1 aliphatic rings. The Morgan fingerprint density at radius 2 is 1.61 bits per heavy atom. The first-order valence-corrected chi connectivity index (χ1v) is 11.2. The van der Waals surface area contributed by atoms with E-state index in [4.69, 9.17) is 0 Å². The molecular weight excluding hydrogens is 431 g/mol. The first kappa shape index (κ1) is 23.1. The summed E-state index contributed by atoms with van der Waals surface area (Å²) in [6.07, 6.45) is -3.83. The summed E-state index contributed by atoms with van der Waals surface area (Å²) in [6, 6.07) is 14.2. The van der Waals surface area contributed by atoms with E-state index >= 15 is 0 Å². The first-order chi connectivity index (χ1) is 14.6. The number of rotatable bonds is 5. The van der Waals surface area contributed by atoms with E-state index < -0.39 is 22.7 Å². The zero-order valence-electron chi connectivity index (χ0n) is 17.0. The van der Waals surface area contributed by atoms with Gasteiger partial charge in [-0.3, -0.25) is 14.0 Å². The molecule has 0 spiro atoms. The second-order valence-corrected chi connectivity index (χ2v) is 9.34. The summed E-state index contributed by atoms with van der Waals surface area (Å²) in [6.45, 7) is -0.0436. The van der Waals surface area contributed by atoms with Gasteiger partial charge in [-0.1, -0.05) is 18.2 Å². The number of anilines is 1. The number of benzene rings is 2. The van der Waals surface area contributed by atoms with Crippen molar-refractivity contribution in [1.29, 1.82) is 0 Å². The number of amides is 1. The van der Waals surface area contributed by atoms with Crippen molar-refractivity contribution in [3.63, 3.8) is 0 Å². The highest BCUT2D eigenvalue weighted by atomic mass is 32.2. The Bertz CT molecular complexity index is 996. The highest BCUT2D eigenvalue weighted by molar-refractivity contribution is 7.92. The van der Waals surface area contributed by atoms with Crippen LogP contribution in [0.5, 0.6) is 0 Å². The monoisotopic (exact) mass is 455 g/mol. The van der Waals surface area contributed by atoms with Gasteiger partial charge in [-0.15, -0.1) is 0 Å². The molecule has 0 unspecified atom stereocenters. The van der Waals surface area contributed by atoms with E-state index in [0.717, 1.165) is 4.31 Å². The zero-order valence-corrected chi connectivity index (χ0v) is 17.9. The van der Waals surface area contributed by atoms with Crippen molar-refractivity contribution < 1.29 is 26.4 Å². The lowest BCUT2D eigenvalue weighted by Crippen LogP contribution is -2.38. The van der Waals surface area contributed by atoms with E-state index in [2.05, 4.69) is 0 Å². The number of alkyl halides is 3. The minimum Gasteiger partial charge on any atom is -0.337 e. The van der Waals surface area contributed by atoms with Crippen LogP contribution in [0.15, 0.2) is 59.5 Å². The molecule has 0 N–H and O–H groups in total. The molecule has 6 nitrogen and oxygen atoms in total. The molecule has 10 heteroatoms. The average Bonchev–Trinajstić information content (AvgIpc) is 2.97. The largest absolute Gasteiger partial charge is 0.401 e. The van der Waals surface area contributed by atoms with Crippen LogP contribution in [0.2, 0.25) is 0 Å². The Morgan fingerprint density at radius 3 is 2.23 bits per heavy atom. The maximum Gasteiger partial charge on any atom is 0.401 e. The zero-order chi connectivity index (χ0) is 22.6. The second-order valence-electron chi connectivity index (χ2n) is 7.37. The van der Waals surface area contributed by atoms with E-state index in [9.17, 15) is 26.4 Å². The van der Waals surface area contributed by atoms with Crippen molar-refractivity contribution >= 4 is 21.6 Å². The van der Waals surface area contributed by atoms with Crippen LogP contribution < -0.4 is 4.31 Å². The number of sulfonamides is 1. The van der Waals surface area contributed by atoms with Crippen LogP contribution in [0.1, 0.15) is 16.8 Å². The van der Waals surface area contributed by atoms with Crippen LogP contribution in [-0.2, 0) is 10.0 Å². The van der Waals surface area contributed by atoms with Crippen molar-refractivity contribution in [1.82, 2.24) is 9.80 Å². The molecule has 1 fully saturated rings.